The van der Waals surface area contributed by atoms with E-state index < -0.39 is 0 Å². The van der Waals surface area contributed by atoms with Crippen molar-refractivity contribution < 1.29 is 9.53 Å². The summed E-state index contributed by atoms with van der Waals surface area (Å²) < 4.78 is 5.31. The molecule has 126 valence electrons. The van der Waals surface area contributed by atoms with Gasteiger partial charge in [0.25, 0.3) is 0 Å². The first kappa shape index (κ1) is 18.9. The third kappa shape index (κ3) is 5.92. The van der Waals surface area contributed by atoms with Crippen molar-refractivity contribution in [2.24, 2.45) is 10.7 Å². The van der Waals surface area contributed by atoms with Crippen molar-refractivity contribution in [2.75, 3.05) is 19.5 Å². The topological polar surface area (TPSA) is 89.6 Å². The molecule has 2 aromatic rings. The number of methoxy groups -OCH3 is 1. The molecule has 1 aromatic carbocycles. The van der Waals surface area contributed by atoms with E-state index in [1.165, 1.54) is 6.92 Å². The highest BCUT2D eigenvalue weighted by Crippen LogP contribution is 2.22. The quantitative estimate of drug-likeness (QED) is 0.512. The van der Waals surface area contributed by atoms with E-state index in [1.807, 2.05) is 42.5 Å². The predicted molar refractivity (Wildman–Crippen MR) is 98.1 cm³/mol. The molecule has 3 N–H and O–H groups in total. The van der Waals surface area contributed by atoms with E-state index in [1.54, 1.807) is 26.4 Å². The number of amidine groups is 1. The molecule has 0 aliphatic carbocycles. The van der Waals surface area contributed by atoms with Gasteiger partial charge in [0, 0.05) is 30.6 Å². The van der Waals surface area contributed by atoms with E-state index >= 15 is 0 Å². The molecule has 0 aliphatic rings. The minimum absolute atomic E-state index is 0.566. The molecule has 0 radical (unpaired) electrons. The number of aliphatic imine (C=N–C) groups is 1. The number of carbonyl (C=O) groups excluding carboxylic acids is 1. The molecule has 24 heavy (non-hydrogen) atoms. The van der Waals surface area contributed by atoms with E-state index in [0.717, 1.165) is 17.6 Å². The first-order valence-corrected chi connectivity index (χ1v) is 7.31. The van der Waals surface area contributed by atoms with Crippen LogP contribution in [0.15, 0.2) is 59.7 Å². The van der Waals surface area contributed by atoms with Crippen molar-refractivity contribution in [3.05, 3.63) is 60.3 Å². The molecule has 0 amide bonds. The molecule has 0 aliphatic heterocycles. The van der Waals surface area contributed by atoms with Crippen LogP contribution in [0.25, 0.3) is 5.70 Å². The van der Waals surface area contributed by atoms with Crippen LogP contribution < -0.4 is 15.8 Å². The average molecular weight is 326 g/mol. The summed E-state index contributed by atoms with van der Waals surface area (Å²) in [7, 11) is 3.31. The number of anilines is 1. The maximum absolute atomic E-state index is 8.81. The fourth-order valence-electron chi connectivity index (χ4n) is 1.83. The SMILES string of the molecule is CC=O.CN=C(/C=C(\N)c1ccccc1OC)Nc1ccccn1. The van der Waals surface area contributed by atoms with Crippen molar-refractivity contribution in [3.8, 4) is 5.75 Å². The van der Waals surface area contributed by atoms with Gasteiger partial charge in [-0.05, 0) is 31.2 Å². The molecular weight excluding hydrogens is 304 g/mol. The van der Waals surface area contributed by atoms with Crippen LogP contribution in [-0.2, 0) is 4.79 Å². The number of carbonyl (C=O) groups is 1. The molecule has 0 spiro atoms. The molecule has 1 heterocycles. The van der Waals surface area contributed by atoms with Gasteiger partial charge in [0.1, 0.15) is 23.7 Å². The van der Waals surface area contributed by atoms with E-state index in [4.69, 9.17) is 15.3 Å². The smallest absolute Gasteiger partial charge is 0.131 e. The zero-order chi connectivity index (χ0) is 17.8. The standard InChI is InChI=1S/C16H18N4O.C2H4O/c1-18-16(20-15-9-5-6-10-19-15)11-13(17)12-7-3-4-8-14(12)21-2;1-2-3/h3-11H,17H2,1-2H3,(H,18,19,20);2H,1H3/b13-11-;. The molecule has 0 saturated heterocycles. The lowest BCUT2D eigenvalue weighted by atomic mass is 10.1. The molecule has 0 atom stereocenters. The highest BCUT2D eigenvalue weighted by Gasteiger charge is 2.06. The van der Waals surface area contributed by atoms with E-state index in [2.05, 4.69) is 15.3 Å². The van der Waals surface area contributed by atoms with Gasteiger partial charge >= 0.3 is 0 Å². The summed E-state index contributed by atoms with van der Waals surface area (Å²) in [4.78, 5) is 17.2. The summed E-state index contributed by atoms with van der Waals surface area (Å²) in [5.74, 6) is 2.05. The number of nitrogens with zero attached hydrogens (tertiary/aromatic N) is 2. The number of aromatic nitrogens is 1. The molecule has 0 saturated carbocycles. The average Bonchev–Trinajstić information content (AvgIpc) is 2.62. The van der Waals surface area contributed by atoms with E-state index in [0.29, 0.717) is 17.4 Å². The van der Waals surface area contributed by atoms with Gasteiger partial charge in [0.15, 0.2) is 0 Å². The lowest BCUT2D eigenvalue weighted by molar-refractivity contribution is -0.106. The summed E-state index contributed by atoms with van der Waals surface area (Å²) in [5.41, 5.74) is 7.53. The number of hydrogen-bond acceptors (Lipinski definition) is 5. The third-order valence-electron chi connectivity index (χ3n) is 2.87. The van der Waals surface area contributed by atoms with Crippen molar-refractivity contribution in [1.82, 2.24) is 4.98 Å². The lowest BCUT2D eigenvalue weighted by Gasteiger charge is -2.10. The van der Waals surface area contributed by atoms with Gasteiger partial charge in [0.2, 0.25) is 0 Å². The zero-order valence-electron chi connectivity index (χ0n) is 14.1. The molecule has 0 fully saturated rings. The van der Waals surface area contributed by atoms with E-state index in [9.17, 15) is 0 Å². The summed E-state index contributed by atoms with van der Waals surface area (Å²) in [6, 6.07) is 13.2. The number of ether oxygens (including phenoxy) is 1. The highest BCUT2D eigenvalue weighted by molar-refractivity contribution is 6.07. The number of hydrogen-bond donors (Lipinski definition) is 2. The largest absolute Gasteiger partial charge is 0.496 e. The Morgan fingerprint density at radius 3 is 2.50 bits per heavy atom. The molecule has 0 bridgehead atoms. The Labute approximate surface area is 142 Å². The van der Waals surface area contributed by atoms with Crippen molar-refractivity contribution in [2.45, 2.75) is 6.92 Å². The van der Waals surface area contributed by atoms with Crippen LogP contribution in [0.2, 0.25) is 0 Å². The first-order chi connectivity index (χ1) is 11.7. The van der Waals surface area contributed by atoms with Gasteiger partial charge in [-0.2, -0.15) is 0 Å². The monoisotopic (exact) mass is 326 g/mol. The van der Waals surface area contributed by atoms with Gasteiger partial charge in [-0.25, -0.2) is 4.98 Å². The summed E-state index contributed by atoms with van der Waals surface area (Å²) in [6.45, 7) is 1.44. The summed E-state index contributed by atoms with van der Waals surface area (Å²) in [5, 5.41) is 3.11. The highest BCUT2D eigenvalue weighted by atomic mass is 16.5. The van der Waals surface area contributed by atoms with E-state index in [-0.39, 0.29) is 0 Å². The second kappa shape index (κ2) is 10.6. The second-order valence-electron chi connectivity index (χ2n) is 4.48. The number of rotatable bonds is 4. The predicted octanol–water partition coefficient (Wildman–Crippen LogP) is 2.74. The van der Waals surface area contributed by atoms with Gasteiger partial charge < -0.3 is 20.6 Å². The summed E-state index contributed by atoms with van der Waals surface area (Å²) >= 11 is 0. The Hall–Kier alpha value is -3.15. The Bertz CT molecular complexity index is 697. The van der Waals surface area contributed by atoms with Gasteiger partial charge in [-0.15, -0.1) is 0 Å². The van der Waals surface area contributed by atoms with Gasteiger partial charge in [-0.1, -0.05) is 18.2 Å². The molecule has 6 nitrogen and oxygen atoms in total. The Morgan fingerprint density at radius 1 is 1.25 bits per heavy atom. The maximum atomic E-state index is 8.81. The number of benzene rings is 1. The fourth-order valence-corrected chi connectivity index (χ4v) is 1.83. The van der Waals surface area contributed by atoms with Crippen LogP contribution in [0.5, 0.6) is 5.75 Å². The number of nitrogens with two attached hydrogens (primary N) is 1. The number of pyridine rings is 1. The van der Waals surface area contributed by atoms with Gasteiger partial charge in [0.05, 0.1) is 7.11 Å². The van der Waals surface area contributed by atoms with Crippen molar-refractivity contribution in [1.29, 1.82) is 0 Å². The fraction of sp³-hybridized carbons (Fsp3) is 0.167. The molecule has 0 unspecified atom stereocenters. The van der Waals surface area contributed by atoms with Crippen LogP contribution in [0.3, 0.4) is 0 Å². The molecule has 1 aromatic heterocycles. The number of para-hydroxylation sites is 1. The summed E-state index contributed by atoms with van der Waals surface area (Å²) in [6.07, 6.45) is 4.22. The molecule has 2 rings (SSSR count). The second-order valence-corrected chi connectivity index (χ2v) is 4.48. The van der Waals surface area contributed by atoms with Crippen molar-refractivity contribution in [3.63, 3.8) is 0 Å². The minimum atomic E-state index is 0.566. The Morgan fingerprint density at radius 2 is 1.92 bits per heavy atom. The first-order valence-electron chi connectivity index (χ1n) is 7.31. The third-order valence-corrected chi connectivity index (χ3v) is 2.87. The number of aldehydes is 1. The normalized spacial score (nSPS) is 11.1. The Balaban J connectivity index is 0.000000891. The van der Waals surface area contributed by atoms with Crippen LogP contribution in [0.4, 0.5) is 5.82 Å². The Kier molecular flexibility index (Phi) is 8.31. The van der Waals surface area contributed by atoms with Crippen LogP contribution >= 0.6 is 0 Å². The lowest BCUT2D eigenvalue weighted by Crippen LogP contribution is -2.12. The molecule has 6 heteroatoms. The van der Waals surface area contributed by atoms with Crippen LogP contribution in [0.1, 0.15) is 12.5 Å². The zero-order valence-corrected chi connectivity index (χ0v) is 14.1. The van der Waals surface area contributed by atoms with Crippen LogP contribution in [-0.4, -0.2) is 31.3 Å². The maximum Gasteiger partial charge on any atom is 0.131 e. The van der Waals surface area contributed by atoms with Crippen molar-refractivity contribution >= 4 is 23.6 Å². The minimum Gasteiger partial charge on any atom is -0.496 e. The molecular formula is C18H22N4O2. The van der Waals surface area contributed by atoms with Crippen LogP contribution in [0, 0.1) is 0 Å². The van der Waals surface area contributed by atoms with Gasteiger partial charge in [-0.3, -0.25) is 4.99 Å². The number of nitrogens with one attached hydrogen (secondary N) is 1.